The zero-order valence-electron chi connectivity index (χ0n) is 11.5. The van der Waals surface area contributed by atoms with Crippen LogP contribution in [0.3, 0.4) is 0 Å². The molecule has 1 aliphatic carbocycles. The van der Waals surface area contributed by atoms with Crippen molar-refractivity contribution in [2.24, 2.45) is 0 Å². The highest BCUT2D eigenvalue weighted by atomic mass is 79.9. The van der Waals surface area contributed by atoms with Gasteiger partial charge in [-0.25, -0.2) is 9.67 Å². The summed E-state index contributed by atoms with van der Waals surface area (Å²) >= 11 is 3.45. The summed E-state index contributed by atoms with van der Waals surface area (Å²) in [7, 11) is 0. The van der Waals surface area contributed by atoms with E-state index in [1.807, 2.05) is 16.9 Å². The predicted molar refractivity (Wildman–Crippen MR) is 86.4 cm³/mol. The van der Waals surface area contributed by atoms with Crippen molar-refractivity contribution in [3.05, 3.63) is 52.9 Å². The van der Waals surface area contributed by atoms with Crippen molar-refractivity contribution in [1.29, 1.82) is 0 Å². The number of nitrogens with one attached hydrogen (secondary N) is 1. The summed E-state index contributed by atoms with van der Waals surface area (Å²) < 4.78 is 2.78. The fraction of sp³-hybridized carbons (Fsp3) is 0.250. The third-order valence-electron chi connectivity index (χ3n) is 3.69. The monoisotopic (exact) mass is 342 g/mol. The van der Waals surface area contributed by atoms with E-state index in [2.05, 4.69) is 50.6 Å². The van der Waals surface area contributed by atoms with Gasteiger partial charge in [-0.1, -0.05) is 24.3 Å². The lowest BCUT2D eigenvalue weighted by Gasteiger charge is -2.10. The summed E-state index contributed by atoms with van der Waals surface area (Å²) in [5, 5.41) is 10.2. The van der Waals surface area contributed by atoms with Crippen molar-refractivity contribution < 1.29 is 0 Å². The normalized spacial score (nSPS) is 14.7. The van der Waals surface area contributed by atoms with E-state index in [0.29, 0.717) is 6.04 Å². The standard InChI is InChI=1S/C16H15BrN4/c17-12-8-19-21(10-12)16-15-4-2-1-3-11(15)7-14(20-16)9-18-13-5-6-13/h1-4,7-8,10,13,18H,5-6,9H2. The predicted octanol–water partition coefficient (Wildman–Crippen LogP) is 3.44. The minimum absolute atomic E-state index is 0.681. The SMILES string of the molecule is Brc1cnn(-c2nc(CNC3CC3)cc3ccccc23)c1. The molecule has 0 atom stereocenters. The number of halogens is 1. The Labute approximate surface area is 131 Å². The second-order valence-corrected chi connectivity index (χ2v) is 6.33. The highest BCUT2D eigenvalue weighted by molar-refractivity contribution is 9.10. The molecule has 1 aliphatic rings. The zero-order chi connectivity index (χ0) is 14.2. The quantitative estimate of drug-likeness (QED) is 0.789. The van der Waals surface area contributed by atoms with Crippen LogP contribution in [-0.4, -0.2) is 20.8 Å². The van der Waals surface area contributed by atoms with Gasteiger partial charge in [0.15, 0.2) is 5.82 Å². The lowest BCUT2D eigenvalue weighted by Crippen LogP contribution is -2.17. The number of nitrogens with zero attached hydrogens (tertiary/aromatic N) is 3. The van der Waals surface area contributed by atoms with Gasteiger partial charge in [-0.2, -0.15) is 5.10 Å². The molecule has 0 amide bonds. The smallest absolute Gasteiger partial charge is 0.161 e. The molecule has 1 aromatic carbocycles. The van der Waals surface area contributed by atoms with Gasteiger partial charge in [0.05, 0.1) is 16.4 Å². The van der Waals surface area contributed by atoms with Crippen LogP contribution in [0.15, 0.2) is 47.2 Å². The molecule has 4 rings (SSSR count). The van der Waals surface area contributed by atoms with E-state index in [1.165, 1.54) is 18.2 Å². The summed E-state index contributed by atoms with van der Waals surface area (Å²) in [4.78, 5) is 4.80. The molecule has 1 fully saturated rings. The highest BCUT2D eigenvalue weighted by Crippen LogP contribution is 2.24. The fourth-order valence-electron chi connectivity index (χ4n) is 2.45. The first kappa shape index (κ1) is 13.0. The third-order valence-corrected chi connectivity index (χ3v) is 4.10. The average molecular weight is 343 g/mol. The number of benzene rings is 1. The van der Waals surface area contributed by atoms with Gasteiger partial charge in [-0.05, 0) is 40.2 Å². The van der Waals surface area contributed by atoms with Crippen LogP contribution in [0.2, 0.25) is 0 Å². The zero-order valence-corrected chi connectivity index (χ0v) is 13.0. The number of hydrogen-bond acceptors (Lipinski definition) is 3. The second-order valence-electron chi connectivity index (χ2n) is 5.42. The molecule has 0 bridgehead atoms. The maximum atomic E-state index is 4.80. The van der Waals surface area contributed by atoms with Crippen molar-refractivity contribution in [1.82, 2.24) is 20.1 Å². The van der Waals surface area contributed by atoms with Gasteiger partial charge >= 0.3 is 0 Å². The molecule has 21 heavy (non-hydrogen) atoms. The van der Waals surface area contributed by atoms with Gasteiger partial charge in [0.25, 0.3) is 0 Å². The second kappa shape index (κ2) is 5.24. The van der Waals surface area contributed by atoms with Crippen molar-refractivity contribution >= 4 is 26.7 Å². The Morgan fingerprint density at radius 1 is 1.29 bits per heavy atom. The molecule has 0 aliphatic heterocycles. The summed E-state index contributed by atoms with van der Waals surface area (Å²) in [6.07, 6.45) is 6.29. The van der Waals surface area contributed by atoms with Crippen LogP contribution < -0.4 is 5.32 Å². The summed E-state index contributed by atoms with van der Waals surface area (Å²) in [5.41, 5.74) is 1.06. The largest absolute Gasteiger partial charge is 0.308 e. The molecule has 3 aromatic rings. The van der Waals surface area contributed by atoms with Gasteiger partial charge < -0.3 is 5.32 Å². The topological polar surface area (TPSA) is 42.7 Å². The van der Waals surface area contributed by atoms with Crippen LogP contribution in [0.25, 0.3) is 16.6 Å². The number of pyridine rings is 1. The Bertz CT molecular complexity index is 792. The molecule has 1 saturated carbocycles. The molecule has 2 heterocycles. The third kappa shape index (κ3) is 2.71. The fourth-order valence-corrected chi connectivity index (χ4v) is 2.74. The van der Waals surface area contributed by atoms with E-state index in [4.69, 9.17) is 4.98 Å². The van der Waals surface area contributed by atoms with Gasteiger partial charge in [-0.3, -0.25) is 0 Å². The van der Waals surface area contributed by atoms with Gasteiger partial charge in [0, 0.05) is 24.2 Å². The van der Waals surface area contributed by atoms with Gasteiger partial charge in [0.2, 0.25) is 0 Å². The molecule has 106 valence electrons. The van der Waals surface area contributed by atoms with E-state index < -0.39 is 0 Å². The minimum atomic E-state index is 0.681. The van der Waals surface area contributed by atoms with Crippen LogP contribution in [0.4, 0.5) is 0 Å². The minimum Gasteiger partial charge on any atom is -0.308 e. The van der Waals surface area contributed by atoms with E-state index in [-0.39, 0.29) is 0 Å². The van der Waals surface area contributed by atoms with Crippen molar-refractivity contribution in [3.8, 4) is 5.82 Å². The van der Waals surface area contributed by atoms with E-state index in [1.54, 1.807) is 6.20 Å². The summed E-state index contributed by atoms with van der Waals surface area (Å²) in [5.74, 6) is 0.881. The Morgan fingerprint density at radius 2 is 2.14 bits per heavy atom. The molecule has 0 spiro atoms. The average Bonchev–Trinajstić information content (AvgIpc) is 3.24. The molecular formula is C16H15BrN4. The number of aromatic nitrogens is 3. The van der Waals surface area contributed by atoms with Crippen LogP contribution >= 0.6 is 15.9 Å². The molecule has 5 heteroatoms. The summed E-state index contributed by atoms with van der Waals surface area (Å²) in [6, 6.07) is 11.1. The number of fused-ring (bicyclic) bond motifs is 1. The van der Waals surface area contributed by atoms with Crippen LogP contribution in [0.1, 0.15) is 18.5 Å². The summed E-state index contributed by atoms with van der Waals surface area (Å²) in [6.45, 7) is 0.810. The van der Waals surface area contributed by atoms with Crippen LogP contribution in [-0.2, 0) is 6.54 Å². The van der Waals surface area contributed by atoms with Crippen molar-refractivity contribution in [3.63, 3.8) is 0 Å². The number of hydrogen-bond donors (Lipinski definition) is 1. The Hall–Kier alpha value is -1.72. The first-order valence-corrected chi connectivity index (χ1v) is 7.91. The van der Waals surface area contributed by atoms with Gasteiger partial charge in [0.1, 0.15) is 0 Å². The molecule has 4 nitrogen and oxygen atoms in total. The first-order chi connectivity index (χ1) is 10.3. The van der Waals surface area contributed by atoms with E-state index in [0.717, 1.165) is 27.9 Å². The highest BCUT2D eigenvalue weighted by Gasteiger charge is 2.20. The van der Waals surface area contributed by atoms with Gasteiger partial charge in [-0.15, -0.1) is 0 Å². The number of rotatable bonds is 4. The molecule has 0 saturated heterocycles. The Kier molecular flexibility index (Phi) is 3.24. The lowest BCUT2D eigenvalue weighted by molar-refractivity contribution is 0.672. The lowest BCUT2D eigenvalue weighted by atomic mass is 10.1. The van der Waals surface area contributed by atoms with Crippen molar-refractivity contribution in [2.75, 3.05) is 0 Å². The van der Waals surface area contributed by atoms with Crippen LogP contribution in [0.5, 0.6) is 0 Å². The Balaban J connectivity index is 1.81. The molecular weight excluding hydrogens is 328 g/mol. The van der Waals surface area contributed by atoms with E-state index in [9.17, 15) is 0 Å². The van der Waals surface area contributed by atoms with Crippen molar-refractivity contribution in [2.45, 2.75) is 25.4 Å². The Morgan fingerprint density at radius 3 is 2.90 bits per heavy atom. The molecule has 2 aromatic heterocycles. The van der Waals surface area contributed by atoms with Crippen LogP contribution in [0, 0.1) is 0 Å². The first-order valence-electron chi connectivity index (χ1n) is 7.12. The molecule has 1 N–H and O–H groups in total. The maximum absolute atomic E-state index is 4.80. The molecule has 0 radical (unpaired) electrons. The van der Waals surface area contributed by atoms with E-state index >= 15 is 0 Å². The molecule has 0 unspecified atom stereocenters. The maximum Gasteiger partial charge on any atom is 0.161 e.